The summed E-state index contributed by atoms with van der Waals surface area (Å²) in [6, 6.07) is 6.60. The molecule has 1 N–H and O–H groups in total. The number of hydrogen-bond donors (Lipinski definition) is 1. The van der Waals surface area contributed by atoms with E-state index in [9.17, 15) is 4.39 Å². The highest BCUT2D eigenvalue weighted by molar-refractivity contribution is 5.19. The maximum atomic E-state index is 13.0. The molecule has 0 amide bonds. The van der Waals surface area contributed by atoms with Gasteiger partial charge in [-0.15, -0.1) is 0 Å². The molecule has 0 aliphatic rings. The van der Waals surface area contributed by atoms with Crippen LogP contribution in [-0.4, -0.2) is 27.1 Å². The molecule has 0 saturated carbocycles. The molecule has 0 bridgehead atoms. The molecule has 90 valence electrons. The summed E-state index contributed by atoms with van der Waals surface area (Å²) in [5.41, 5.74) is 0.908. The van der Waals surface area contributed by atoms with Gasteiger partial charge in [-0.1, -0.05) is 12.1 Å². The lowest BCUT2D eigenvalue weighted by Gasteiger charge is -2.18. The average Bonchev–Trinajstić information content (AvgIpc) is 2.30. The fourth-order valence-corrected chi connectivity index (χ4v) is 1.43. The van der Waals surface area contributed by atoms with Gasteiger partial charge in [0.1, 0.15) is 5.82 Å². The van der Waals surface area contributed by atoms with Crippen LogP contribution in [0.25, 0.3) is 0 Å². The molecule has 3 nitrogen and oxygen atoms in total. The van der Waals surface area contributed by atoms with E-state index < -0.39 is 0 Å². The second-order valence-corrected chi connectivity index (χ2v) is 3.59. The minimum atomic E-state index is -0.281. The van der Waals surface area contributed by atoms with Crippen LogP contribution in [0.15, 0.2) is 24.3 Å². The lowest BCUT2D eigenvalue weighted by Crippen LogP contribution is -2.31. The average molecular weight is 227 g/mol. The first-order valence-electron chi connectivity index (χ1n) is 5.21. The van der Waals surface area contributed by atoms with Gasteiger partial charge < -0.3 is 14.8 Å². The number of rotatable bonds is 6. The normalized spacial score (nSPS) is 13.1. The highest BCUT2D eigenvalue weighted by Crippen LogP contribution is 2.13. The van der Waals surface area contributed by atoms with E-state index in [1.165, 1.54) is 12.1 Å². The molecule has 0 aromatic heterocycles. The molecule has 16 heavy (non-hydrogen) atoms. The van der Waals surface area contributed by atoms with Gasteiger partial charge in [0.25, 0.3) is 0 Å². The summed E-state index contributed by atoms with van der Waals surface area (Å²) in [5, 5.41) is 3.21. The lowest BCUT2D eigenvalue weighted by atomic mass is 10.1. The highest BCUT2D eigenvalue weighted by Gasteiger charge is 2.09. The summed E-state index contributed by atoms with van der Waals surface area (Å²) in [7, 11) is 3.17. The molecule has 0 heterocycles. The van der Waals surface area contributed by atoms with Crippen molar-refractivity contribution in [1.82, 2.24) is 5.32 Å². The largest absolute Gasteiger partial charge is 0.355 e. The summed E-state index contributed by atoms with van der Waals surface area (Å²) in [4.78, 5) is 0. The number of benzene rings is 1. The predicted octanol–water partition coefficient (Wildman–Crippen LogP) is 2.10. The van der Waals surface area contributed by atoms with Gasteiger partial charge in [-0.05, 0) is 24.6 Å². The van der Waals surface area contributed by atoms with Crippen molar-refractivity contribution in [2.45, 2.75) is 19.3 Å². The van der Waals surface area contributed by atoms with E-state index >= 15 is 0 Å². The number of halogens is 1. The first-order chi connectivity index (χ1) is 7.67. The van der Waals surface area contributed by atoms with Crippen LogP contribution in [0.1, 0.15) is 18.5 Å². The van der Waals surface area contributed by atoms with Gasteiger partial charge in [-0.25, -0.2) is 4.39 Å². The summed E-state index contributed by atoms with van der Waals surface area (Å²) in [6.07, 6.45) is -0.281. The van der Waals surface area contributed by atoms with Crippen molar-refractivity contribution >= 4 is 0 Å². The Morgan fingerprint density at radius 2 is 2.00 bits per heavy atom. The summed E-state index contributed by atoms with van der Waals surface area (Å²) >= 11 is 0. The quantitative estimate of drug-likeness (QED) is 0.755. The van der Waals surface area contributed by atoms with Crippen molar-refractivity contribution in [1.29, 1.82) is 0 Å². The van der Waals surface area contributed by atoms with Crippen molar-refractivity contribution in [3.8, 4) is 0 Å². The van der Waals surface area contributed by atoms with Crippen LogP contribution in [0.3, 0.4) is 0 Å². The Kier molecular flexibility index (Phi) is 5.38. The van der Waals surface area contributed by atoms with E-state index in [1.807, 2.05) is 13.0 Å². The molecule has 0 fully saturated rings. The summed E-state index contributed by atoms with van der Waals surface area (Å²) in [5.74, 6) is -0.221. The lowest BCUT2D eigenvalue weighted by molar-refractivity contribution is -0.0997. The van der Waals surface area contributed by atoms with Crippen LogP contribution < -0.4 is 5.32 Å². The van der Waals surface area contributed by atoms with Crippen LogP contribution in [0.5, 0.6) is 0 Å². The van der Waals surface area contributed by atoms with Crippen LogP contribution in [0.4, 0.5) is 4.39 Å². The van der Waals surface area contributed by atoms with E-state index in [-0.39, 0.29) is 18.1 Å². The van der Waals surface area contributed by atoms with Crippen molar-refractivity contribution in [3.05, 3.63) is 35.6 Å². The van der Waals surface area contributed by atoms with Crippen molar-refractivity contribution < 1.29 is 13.9 Å². The van der Waals surface area contributed by atoms with E-state index in [0.717, 1.165) is 5.56 Å². The molecule has 0 unspecified atom stereocenters. The van der Waals surface area contributed by atoms with Crippen LogP contribution in [-0.2, 0) is 9.47 Å². The zero-order valence-corrected chi connectivity index (χ0v) is 9.87. The predicted molar refractivity (Wildman–Crippen MR) is 60.6 cm³/mol. The fourth-order valence-electron chi connectivity index (χ4n) is 1.43. The number of nitrogens with one attached hydrogen (secondary N) is 1. The first kappa shape index (κ1) is 13.1. The Hall–Kier alpha value is -0.970. The monoisotopic (exact) mass is 227 g/mol. The van der Waals surface area contributed by atoms with Crippen LogP contribution in [0.2, 0.25) is 0 Å². The van der Waals surface area contributed by atoms with Crippen LogP contribution in [0, 0.1) is 5.82 Å². The molecule has 0 saturated heterocycles. The van der Waals surface area contributed by atoms with Gasteiger partial charge in [0, 0.05) is 26.8 Å². The van der Waals surface area contributed by atoms with Gasteiger partial charge in [-0.3, -0.25) is 0 Å². The minimum Gasteiger partial charge on any atom is -0.355 e. The number of methoxy groups -OCH3 is 2. The molecule has 0 aliphatic heterocycles. The van der Waals surface area contributed by atoms with Gasteiger partial charge in [0.05, 0.1) is 0 Å². The van der Waals surface area contributed by atoms with Gasteiger partial charge in [0.2, 0.25) is 0 Å². The third-order valence-corrected chi connectivity index (χ3v) is 2.47. The molecular weight excluding hydrogens is 209 g/mol. The Morgan fingerprint density at radius 1 is 1.31 bits per heavy atom. The van der Waals surface area contributed by atoms with E-state index in [2.05, 4.69) is 5.32 Å². The standard InChI is InChI=1S/C12H18FNO2/c1-9(14-8-12(15-2)16-3)10-5-4-6-11(13)7-10/h4-7,9,12,14H,8H2,1-3H3/t9-/m0/s1. The number of hydrogen-bond acceptors (Lipinski definition) is 3. The topological polar surface area (TPSA) is 30.5 Å². The third-order valence-electron chi connectivity index (χ3n) is 2.47. The van der Waals surface area contributed by atoms with Crippen molar-refractivity contribution in [2.75, 3.05) is 20.8 Å². The molecular formula is C12H18FNO2. The first-order valence-corrected chi connectivity index (χ1v) is 5.21. The Bertz CT molecular complexity index is 316. The van der Waals surface area contributed by atoms with Crippen molar-refractivity contribution in [3.63, 3.8) is 0 Å². The minimum absolute atomic E-state index is 0.0588. The zero-order valence-electron chi connectivity index (χ0n) is 9.87. The molecule has 0 radical (unpaired) electrons. The van der Waals surface area contributed by atoms with Crippen LogP contribution >= 0.6 is 0 Å². The second kappa shape index (κ2) is 6.58. The van der Waals surface area contributed by atoms with Crippen molar-refractivity contribution in [2.24, 2.45) is 0 Å². The van der Waals surface area contributed by atoms with Gasteiger partial charge >= 0.3 is 0 Å². The molecule has 0 spiro atoms. The smallest absolute Gasteiger partial charge is 0.169 e. The molecule has 0 aliphatic carbocycles. The Balaban J connectivity index is 2.49. The van der Waals surface area contributed by atoms with Gasteiger partial charge in [-0.2, -0.15) is 0 Å². The summed E-state index contributed by atoms with van der Waals surface area (Å²) in [6.45, 7) is 2.53. The molecule has 1 aromatic rings. The molecule has 1 rings (SSSR count). The zero-order chi connectivity index (χ0) is 12.0. The maximum absolute atomic E-state index is 13.0. The van der Waals surface area contributed by atoms with E-state index in [4.69, 9.17) is 9.47 Å². The molecule has 1 atom stereocenters. The summed E-state index contributed by atoms with van der Waals surface area (Å²) < 4.78 is 23.1. The SMILES string of the molecule is COC(CN[C@@H](C)c1cccc(F)c1)OC. The fraction of sp³-hybridized carbons (Fsp3) is 0.500. The van der Waals surface area contributed by atoms with E-state index in [1.54, 1.807) is 20.3 Å². The van der Waals surface area contributed by atoms with E-state index in [0.29, 0.717) is 6.54 Å². The molecule has 4 heteroatoms. The maximum Gasteiger partial charge on any atom is 0.169 e. The van der Waals surface area contributed by atoms with Gasteiger partial charge in [0.15, 0.2) is 6.29 Å². The second-order valence-electron chi connectivity index (χ2n) is 3.59. The molecule has 1 aromatic carbocycles. The third kappa shape index (κ3) is 3.89. The highest BCUT2D eigenvalue weighted by atomic mass is 19.1. The Labute approximate surface area is 95.6 Å². The Morgan fingerprint density at radius 3 is 2.56 bits per heavy atom. The number of ether oxygens (including phenoxy) is 2.